The normalized spacial score (nSPS) is 30.6. The van der Waals surface area contributed by atoms with Crippen molar-refractivity contribution in [3.63, 3.8) is 0 Å². The van der Waals surface area contributed by atoms with Gasteiger partial charge in [0.1, 0.15) is 6.04 Å². The number of primary amides is 1. The van der Waals surface area contributed by atoms with Gasteiger partial charge in [-0.05, 0) is 36.1 Å². The van der Waals surface area contributed by atoms with E-state index in [-0.39, 0.29) is 21.1 Å². The van der Waals surface area contributed by atoms with E-state index in [1.807, 2.05) is 0 Å². The van der Waals surface area contributed by atoms with Gasteiger partial charge < -0.3 is 5.73 Å². The molecule has 3 atom stereocenters. The van der Waals surface area contributed by atoms with Crippen molar-refractivity contribution >= 4 is 38.9 Å². The minimum Gasteiger partial charge on any atom is -0.368 e. The van der Waals surface area contributed by atoms with Crippen LogP contribution >= 0.6 is 22.9 Å². The number of carbonyl (C=O) groups excluding carboxylic acids is 1. The number of rotatable bonds is 3. The molecule has 3 rings (SSSR count). The van der Waals surface area contributed by atoms with Gasteiger partial charge in [0.2, 0.25) is 5.91 Å². The quantitative estimate of drug-likeness (QED) is 0.913. The van der Waals surface area contributed by atoms with Gasteiger partial charge in [-0.1, -0.05) is 18.0 Å². The lowest BCUT2D eigenvalue weighted by molar-refractivity contribution is -0.122. The molecular weight excluding hydrogens is 320 g/mol. The molecule has 1 aliphatic heterocycles. The summed E-state index contributed by atoms with van der Waals surface area (Å²) in [6.07, 6.45) is 2.86. The van der Waals surface area contributed by atoms with Crippen LogP contribution in [0.4, 0.5) is 0 Å². The highest BCUT2D eigenvalue weighted by molar-refractivity contribution is 7.91. The summed E-state index contributed by atoms with van der Waals surface area (Å²) in [5.74, 6) is -0.266. The van der Waals surface area contributed by atoms with Gasteiger partial charge in [0.25, 0.3) is 10.0 Å². The smallest absolute Gasteiger partial charge is 0.254 e. The molecule has 1 saturated carbocycles. The Morgan fingerprint density at radius 3 is 2.80 bits per heavy atom. The fourth-order valence-corrected chi connectivity index (χ4v) is 6.92. The first kappa shape index (κ1) is 14.3. The Morgan fingerprint density at radius 2 is 2.20 bits per heavy atom. The van der Waals surface area contributed by atoms with Crippen LogP contribution < -0.4 is 5.73 Å². The minimum atomic E-state index is -3.74. The molecule has 0 unspecified atom stereocenters. The van der Waals surface area contributed by atoms with Gasteiger partial charge in [-0.2, -0.15) is 4.31 Å². The first-order valence-corrected chi connectivity index (χ1v) is 9.17. The van der Waals surface area contributed by atoms with Crippen molar-refractivity contribution < 1.29 is 13.2 Å². The van der Waals surface area contributed by atoms with E-state index >= 15 is 0 Å². The van der Waals surface area contributed by atoms with E-state index < -0.39 is 22.0 Å². The summed E-state index contributed by atoms with van der Waals surface area (Å²) >= 11 is 7.01. The number of fused-ring (bicyclic) bond motifs is 1. The summed E-state index contributed by atoms with van der Waals surface area (Å²) in [6, 6.07) is 0.820. The summed E-state index contributed by atoms with van der Waals surface area (Å²) in [5, 5.41) is 1.83. The molecule has 2 heterocycles. The number of sulfonamides is 1. The molecule has 0 radical (unpaired) electrons. The molecule has 1 aliphatic carbocycles. The minimum absolute atomic E-state index is 0.0565. The number of nitrogens with two attached hydrogens (primary N) is 1. The monoisotopic (exact) mass is 334 g/mol. The highest BCUT2D eigenvalue weighted by Crippen LogP contribution is 2.45. The lowest BCUT2D eigenvalue weighted by Crippen LogP contribution is -2.46. The number of carbonyl (C=O) groups is 1. The highest BCUT2D eigenvalue weighted by Gasteiger charge is 2.51. The first-order chi connectivity index (χ1) is 9.43. The SMILES string of the molecule is NC(=O)[C@@H]1[C@H]2CCC[C@@H]2CN1S(=O)(=O)c1sccc1Cl. The third kappa shape index (κ3) is 2.07. The van der Waals surface area contributed by atoms with E-state index in [4.69, 9.17) is 17.3 Å². The third-order valence-electron chi connectivity index (χ3n) is 4.27. The van der Waals surface area contributed by atoms with Gasteiger partial charge in [-0.15, -0.1) is 11.3 Å². The van der Waals surface area contributed by atoms with Crippen LogP contribution in [0.25, 0.3) is 0 Å². The molecule has 8 heteroatoms. The Balaban J connectivity index is 2.01. The zero-order valence-corrected chi connectivity index (χ0v) is 13.0. The summed E-state index contributed by atoms with van der Waals surface area (Å²) < 4.78 is 26.8. The van der Waals surface area contributed by atoms with Crippen molar-refractivity contribution in [2.24, 2.45) is 17.6 Å². The zero-order valence-electron chi connectivity index (χ0n) is 10.7. The molecule has 110 valence electrons. The van der Waals surface area contributed by atoms with Gasteiger partial charge >= 0.3 is 0 Å². The Hall–Kier alpha value is -0.630. The number of amides is 1. The summed E-state index contributed by atoms with van der Waals surface area (Å²) in [5.41, 5.74) is 5.46. The molecule has 5 nitrogen and oxygen atoms in total. The molecular formula is C12H15ClN2O3S2. The molecule has 1 aromatic rings. The predicted octanol–water partition coefficient (Wildman–Crippen LogP) is 1.68. The highest BCUT2D eigenvalue weighted by atomic mass is 35.5. The molecule has 2 fully saturated rings. The summed E-state index contributed by atoms with van der Waals surface area (Å²) in [4.78, 5) is 11.7. The summed E-state index contributed by atoms with van der Waals surface area (Å²) in [7, 11) is -3.74. The predicted molar refractivity (Wildman–Crippen MR) is 77.0 cm³/mol. The van der Waals surface area contributed by atoms with Gasteiger partial charge in [-0.25, -0.2) is 8.42 Å². The van der Waals surface area contributed by atoms with Crippen LogP contribution in [0.2, 0.25) is 5.02 Å². The largest absolute Gasteiger partial charge is 0.368 e. The maximum Gasteiger partial charge on any atom is 0.254 e. The maximum absolute atomic E-state index is 12.7. The van der Waals surface area contributed by atoms with E-state index in [0.717, 1.165) is 30.6 Å². The van der Waals surface area contributed by atoms with E-state index in [9.17, 15) is 13.2 Å². The van der Waals surface area contributed by atoms with E-state index in [1.54, 1.807) is 11.4 Å². The number of halogens is 1. The van der Waals surface area contributed by atoms with Gasteiger partial charge in [0.15, 0.2) is 4.21 Å². The van der Waals surface area contributed by atoms with Crippen molar-refractivity contribution in [2.45, 2.75) is 29.5 Å². The fraction of sp³-hybridized carbons (Fsp3) is 0.583. The maximum atomic E-state index is 12.7. The second-order valence-electron chi connectivity index (χ2n) is 5.33. The van der Waals surface area contributed by atoms with Crippen LogP contribution in [-0.4, -0.2) is 31.2 Å². The van der Waals surface area contributed by atoms with E-state index in [1.165, 1.54) is 4.31 Å². The molecule has 1 amide bonds. The van der Waals surface area contributed by atoms with Crippen molar-refractivity contribution in [1.82, 2.24) is 4.31 Å². The first-order valence-electron chi connectivity index (χ1n) is 6.47. The summed E-state index contributed by atoms with van der Waals surface area (Å²) in [6.45, 7) is 0.370. The Kier molecular flexibility index (Phi) is 3.56. The molecule has 20 heavy (non-hydrogen) atoms. The van der Waals surface area contributed by atoms with E-state index in [0.29, 0.717) is 6.54 Å². The Bertz CT molecular complexity index is 643. The zero-order chi connectivity index (χ0) is 14.5. The van der Waals surface area contributed by atoms with Crippen molar-refractivity contribution in [3.8, 4) is 0 Å². The standard InChI is InChI=1S/C12H15ClN2O3S2/c13-9-4-5-19-12(9)20(17,18)15-6-7-2-1-3-8(7)10(15)11(14)16/h4-5,7-8,10H,1-3,6H2,(H2,14,16)/t7-,8+,10+/m1/s1. The third-order valence-corrected chi connectivity index (χ3v) is 8.12. The molecule has 1 saturated heterocycles. The topological polar surface area (TPSA) is 80.5 Å². The number of nitrogens with zero attached hydrogens (tertiary/aromatic N) is 1. The van der Waals surface area contributed by atoms with E-state index in [2.05, 4.69) is 0 Å². The van der Waals surface area contributed by atoms with Gasteiger partial charge in [0.05, 0.1) is 5.02 Å². The van der Waals surface area contributed by atoms with Crippen LogP contribution in [0.3, 0.4) is 0 Å². The average Bonchev–Trinajstić information content (AvgIpc) is 3.00. The molecule has 0 bridgehead atoms. The fourth-order valence-electron chi connectivity index (χ4n) is 3.44. The van der Waals surface area contributed by atoms with Crippen LogP contribution in [0.1, 0.15) is 19.3 Å². The van der Waals surface area contributed by atoms with Crippen molar-refractivity contribution in [2.75, 3.05) is 6.54 Å². The van der Waals surface area contributed by atoms with Gasteiger partial charge in [0, 0.05) is 6.54 Å². The molecule has 1 aromatic heterocycles. The molecule has 0 aromatic carbocycles. The van der Waals surface area contributed by atoms with Crippen LogP contribution in [0.15, 0.2) is 15.7 Å². The number of thiophene rings is 1. The second kappa shape index (κ2) is 4.98. The second-order valence-corrected chi connectivity index (χ2v) is 8.74. The van der Waals surface area contributed by atoms with Gasteiger partial charge in [-0.3, -0.25) is 4.79 Å². The number of hydrogen-bond acceptors (Lipinski definition) is 4. The van der Waals surface area contributed by atoms with Crippen LogP contribution in [0, 0.1) is 11.8 Å². The molecule has 0 spiro atoms. The molecule has 2 N–H and O–H groups in total. The Labute approximate surface area is 126 Å². The number of hydrogen-bond donors (Lipinski definition) is 1. The lowest BCUT2D eigenvalue weighted by atomic mass is 9.94. The van der Waals surface area contributed by atoms with Crippen molar-refractivity contribution in [1.29, 1.82) is 0 Å². The molecule has 2 aliphatic rings. The van der Waals surface area contributed by atoms with Crippen LogP contribution in [0.5, 0.6) is 0 Å². The average molecular weight is 335 g/mol. The van der Waals surface area contributed by atoms with Crippen molar-refractivity contribution in [3.05, 3.63) is 16.5 Å². The Morgan fingerprint density at radius 1 is 1.45 bits per heavy atom. The lowest BCUT2D eigenvalue weighted by Gasteiger charge is -2.24. The van der Waals surface area contributed by atoms with Crippen LogP contribution in [-0.2, 0) is 14.8 Å².